The molecule has 9 heteroatoms. The van der Waals surface area contributed by atoms with Crippen LogP contribution in [-0.4, -0.2) is 42.4 Å². The summed E-state index contributed by atoms with van der Waals surface area (Å²) in [7, 11) is 0. The zero-order chi connectivity index (χ0) is 14.8. The number of rotatable bonds is 3. The summed E-state index contributed by atoms with van der Waals surface area (Å²) in [4.78, 5) is 1.84. The van der Waals surface area contributed by atoms with Crippen LogP contribution in [0.5, 0.6) is 5.75 Å². The van der Waals surface area contributed by atoms with Gasteiger partial charge in [0.2, 0.25) is 0 Å². The Morgan fingerprint density at radius 1 is 1.23 bits per heavy atom. The number of hydrogen-bond donors (Lipinski definition) is 2. The average Bonchev–Trinajstić information content (AvgIpc) is 2.39. The first-order valence-corrected chi connectivity index (χ1v) is 7.16. The van der Waals surface area contributed by atoms with Crippen LogP contribution in [0.4, 0.5) is 13.2 Å². The molecular weight excluding hydrogens is 408 g/mol. The van der Waals surface area contributed by atoms with Crippen LogP contribution in [0.3, 0.4) is 0 Å². The van der Waals surface area contributed by atoms with Crippen LogP contribution < -0.4 is 5.32 Å². The molecule has 0 radical (unpaired) electrons. The Kier molecular flexibility index (Phi) is 9.09. The van der Waals surface area contributed by atoms with Crippen molar-refractivity contribution in [3.8, 4) is 5.75 Å². The summed E-state index contributed by atoms with van der Waals surface area (Å²) in [5.74, 6) is 0.0276. The third-order valence-corrected chi connectivity index (χ3v) is 4.01. The number of phenolic OH excluding ortho intramolecular Hbond substituents is 1. The molecule has 0 saturated carbocycles. The van der Waals surface area contributed by atoms with Gasteiger partial charge in [-0.25, -0.2) is 0 Å². The molecule has 1 aromatic carbocycles. The Hall–Kier alpha value is -0.210. The van der Waals surface area contributed by atoms with E-state index < -0.39 is 18.6 Å². The standard InChI is InChI=1S/C13H16BrF3N2O.2ClH/c14-10-7-9(1-2-12(10)20)11(8-13(15,16)17)19-5-3-18-4-6-19;;/h1-2,7,11,18,20H,3-6,8H2;2*1H/t11-;;/m0../s1. The molecule has 1 fully saturated rings. The summed E-state index contributed by atoms with van der Waals surface area (Å²) in [6.07, 6.45) is -5.11. The monoisotopic (exact) mass is 424 g/mol. The van der Waals surface area contributed by atoms with Gasteiger partial charge in [0.25, 0.3) is 0 Å². The molecule has 128 valence electrons. The SMILES string of the molecule is Cl.Cl.Oc1ccc([C@H](CC(F)(F)F)N2CCNCC2)cc1Br. The summed E-state index contributed by atoms with van der Waals surface area (Å²) >= 11 is 3.16. The summed E-state index contributed by atoms with van der Waals surface area (Å²) in [5, 5.41) is 12.6. The van der Waals surface area contributed by atoms with Crippen LogP contribution in [-0.2, 0) is 0 Å². The van der Waals surface area contributed by atoms with Crippen molar-refractivity contribution in [3.05, 3.63) is 28.2 Å². The molecule has 1 saturated heterocycles. The van der Waals surface area contributed by atoms with Gasteiger partial charge in [-0.05, 0) is 33.6 Å². The van der Waals surface area contributed by atoms with E-state index in [4.69, 9.17) is 0 Å². The molecule has 0 aliphatic carbocycles. The summed E-state index contributed by atoms with van der Waals surface area (Å²) in [6, 6.07) is 3.83. The fraction of sp³-hybridized carbons (Fsp3) is 0.538. The molecule has 3 nitrogen and oxygen atoms in total. The highest BCUT2D eigenvalue weighted by Crippen LogP contribution is 2.36. The van der Waals surface area contributed by atoms with Crippen molar-refractivity contribution in [2.75, 3.05) is 26.2 Å². The molecule has 2 rings (SSSR count). The number of nitrogens with zero attached hydrogens (tertiary/aromatic N) is 1. The molecule has 0 unspecified atom stereocenters. The molecule has 1 atom stereocenters. The van der Waals surface area contributed by atoms with Crippen LogP contribution >= 0.6 is 40.7 Å². The molecule has 1 aliphatic heterocycles. The highest BCUT2D eigenvalue weighted by Gasteiger charge is 2.36. The largest absolute Gasteiger partial charge is 0.507 e. The second-order valence-electron chi connectivity index (χ2n) is 4.83. The zero-order valence-corrected chi connectivity index (χ0v) is 14.8. The van der Waals surface area contributed by atoms with E-state index in [2.05, 4.69) is 21.2 Å². The summed E-state index contributed by atoms with van der Waals surface area (Å²) in [5.41, 5.74) is 0.564. The molecule has 0 aromatic heterocycles. The van der Waals surface area contributed by atoms with Gasteiger partial charge in [-0.15, -0.1) is 24.8 Å². The van der Waals surface area contributed by atoms with Crippen LogP contribution in [0, 0.1) is 0 Å². The smallest absolute Gasteiger partial charge is 0.390 e. The van der Waals surface area contributed by atoms with Gasteiger partial charge in [-0.3, -0.25) is 4.90 Å². The van der Waals surface area contributed by atoms with Gasteiger partial charge in [-0.2, -0.15) is 13.2 Å². The summed E-state index contributed by atoms with van der Waals surface area (Å²) < 4.78 is 38.9. The lowest BCUT2D eigenvalue weighted by molar-refractivity contribution is -0.148. The Morgan fingerprint density at radius 3 is 2.32 bits per heavy atom. The minimum atomic E-state index is -4.22. The minimum Gasteiger partial charge on any atom is -0.507 e. The van der Waals surface area contributed by atoms with Gasteiger partial charge in [0, 0.05) is 32.2 Å². The highest BCUT2D eigenvalue weighted by atomic mass is 79.9. The van der Waals surface area contributed by atoms with E-state index >= 15 is 0 Å². The van der Waals surface area contributed by atoms with Crippen LogP contribution in [0.2, 0.25) is 0 Å². The second kappa shape index (κ2) is 9.17. The van der Waals surface area contributed by atoms with E-state index in [-0.39, 0.29) is 30.6 Å². The van der Waals surface area contributed by atoms with Gasteiger partial charge < -0.3 is 10.4 Å². The van der Waals surface area contributed by atoms with Crippen molar-refractivity contribution in [1.29, 1.82) is 0 Å². The van der Waals surface area contributed by atoms with E-state index in [1.807, 2.05) is 4.90 Å². The van der Waals surface area contributed by atoms with Crippen molar-refractivity contribution in [2.24, 2.45) is 0 Å². The minimum absolute atomic E-state index is 0. The molecule has 0 bridgehead atoms. The van der Waals surface area contributed by atoms with Crippen LogP contribution in [0.1, 0.15) is 18.0 Å². The molecular formula is C13H18BrCl2F3N2O. The molecule has 1 heterocycles. The van der Waals surface area contributed by atoms with Crippen molar-refractivity contribution < 1.29 is 18.3 Å². The van der Waals surface area contributed by atoms with Crippen molar-refractivity contribution in [1.82, 2.24) is 10.2 Å². The molecule has 0 amide bonds. The normalized spacial score (nSPS) is 17.3. The lowest BCUT2D eigenvalue weighted by Gasteiger charge is -2.35. The van der Waals surface area contributed by atoms with Crippen molar-refractivity contribution >= 4 is 40.7 Å². The van der Waals surface area contributed by atoms with E-state index in [0.717, 1.165) is 0 Å². The molecule has 1 aromatic rings. The second-order valence-corrected chi connectivity index (χ2v) is 5.69. The first-order valence-electron chi connectivity index (χ1n) is 6.37. The van der Waals surface area contributed by atoms with Gasteiger partial charge in [0.1, 0.15) is 5.75 Å². The van der Waals surface area contributed by atoms with Crippen molar-refractivity contribution in [2.45, 2.75) is 18.6 Å². The number of phenols is 1. The predicted molar refractivity (Wildman–Crippen MR) is 88.2 cm³/mol. The van der Waals surface area contributed by atoms with Crippen molar-refractivity contribution in [3.63, 3.8) is 0 Å². The van der Waals surface area contributed by atoms with E-state index in [1.165, 1.54) is 6.07 Å². The maximum atomic E-state index is 12.8. The van der Waals surface area contributed by atoms with Gasteiger partial charge >= 0.3 is 6.18 Å². The maximum Gasteiger partial charge on any atom is 0.390 e. The Labute approximate surface area is 148 Å². The third-order valence-electron chi connectivity index (χ3n) is 3.37. The molecule has 0 spiro atoms. The lowest BCUT2D eigenvalue weighted by atomic mass is 10.0. The van der Waals surface area contributed by atoms with E-state index in [9.17, 15) is 18.3 Å². The maximum absolute atomic E-state index is 12.8. The molecule has 2 N–H and O–H groups in total. The Balaban J connectivity index is 0.00000220. The number of hydrogen-bond acceptors (Lipinski definition) is 3. The first kappa shape index (κ1) is 21.8. The average molecular weight is 426 g/mol. The summed E-state index contributed by atoms with van der Waals surface area (Å²) in [6.45, 7) is 2.54. The number of nitrogens with one attached hydrogen (secondary N) is 1. The van der Waals surface area contributed by atoms with E-state index in [0.29, 0.717) is 36.2 Å². The van der Waals surface area contributed by atoms with Crippen LogP contribution in [0.15, 0.2) is 22.7 Å². The fourth-order valence-electron chi connectivity index (χ4n) is 2.40. The number of aromatic hydroxyl groups is 1. The lowest BCUT2D eigenvalue weighted by Crippen LogP contribution is -2.46. The predicted octanol–water partition coefficient (Wildman–Crippen LogP) is 3.90. The van der Waals surface area contributed by atoms with Gasteiger partial charge in [0.15, 0.2) is 0 Å². The van der Waals surface area contributed by atoms with Crippen LogP contribution in [0.25, 0.3) is 0 Å². The Bertz CT molecular complexity index is 471. The first-order chi connectivity index (χ1) is 9.37. The topological polar surface area (TPSA) is 35.5 Å². The number of halogens is 6. The number of piperazine rings is 1. The quantitative estimate of drug-likeness (QED) is 0.770. The Morgan fingerprint density at radius 2 is 1.82 bits per heavy atom. The highest BCUT2D eigenvalue weighted by molar-refractivity contribution is 9.10. The number of alkyl halides is 3. The van der Waals surface area contributed by atoms with E-state index in [1.54, 1.807) is 12.1 Å². The zero-order valence-electron chi connectivity index (χ0n) is 11.6. The molecule has 22 heavy (non-hydrogen) atoms. The fourth-order valence-corrected chi connectivity index (χ4v) is 2.80. The van der Waals surface area contributed by atoms with Gasteiger partial charge in [-0.1, -0.05) is 6.07 Å². The van der Waals surface area contributed by atoms with Gasteiger partial charge in [0.05, 0.1) is 10.9 Å². The molecule has 1 aliphatic rings. The number of benzene rings is 1. The third kappa shape index (κ3) is 6.12.